The van der Waals surface area contributed by atoms with Gasteiger partial charge in [0.05, 0.1) is 19.8 Å². The Bertz CT molecular complexity index is 243. The van der Waals surface area contributed by atoms with Crippen molar-refractivity contribution in [3.05, 3.63) is 0 Å². The van der Waals surface area contributed by atoms with Crippen LogP contribution in [0.3, 0.4) is 0 Å². The highest BCUT2D eigenvalue weighted by Crippen LogP contribution is 2.18. The highest BCUT2D eigenvalue weighted by atomic mass is 16.5. The van der Waals surface area contributed by atoms with Gasteiger partial charge >= 0.3 is 5.97 Å². The van der Waals surface area contributed by atoms with E-state index in [0.29, 0.717) is 6.42 Å². The van der Waals surface area contributed by atoms with E-state index >= 15 is 0 Å². The maximum atomic E-state index is 11.2. The lowest BCUT2D eigenvalue weighted by Crippen LogP contribution is -2.41. The Kier molecular flexibility index (Phi) is 3.43. The zero-order chi connectivity index (χ0) is 10.7. The van der Waals surface area contributed by atoms with Crippen LogP contribution in [0, 0.1) is 0 Å². The number of β-amino-alcohol motifs (C(OH)–C–C–N with tert-alkyl or cyclic N) is 1. The van der Waals surface area contributed by atoms with E-state index in [1.54, 1.807) is 0 Å². The van der Waals surface area contributed by atoms with Crippen molar-refractivity contribution in [1.82, 2.24) is 4.90 Å². The number of hydrogen-bond acceptors (Lipinski definition) is 5. The van der Waals surface area contributed by atoms with Gasteiger partial charge in [-0.05, 0) is 0 Å². The first-order chi connectivity index (χ1) is 6.54. The molecule has 2 unspecified atom stereocenters. The molecule has 1 aliphatic heterocycles. The number of carbonyl (C=O) groups is 2. The van der Waals surface area contributed by atoms with Crippen molar-refractivity contribution in [2.75, 3.05) is 20.2 Å². The third-order valence-corrected chi connectivity index (χ3v) is 2.21. The number of aliphatic hydroxyl groups is 1. The fourth-order valence-corrected chi connectivity index (χ4v) is 1.64. The minimum atomic E-state index is -0.599. The number of hydrogen-bond donors (Lipinski definition) is 2. The molecule has 1 rings (SSSR count). The molecule has 0 aromatic heterocycles. The number of esters is 1. The van der Waals surface area contributed by atoms with E-state index in [9.17, 15) is 14.7 Å². The van der Waals surface area contributed by atoms with Gasteiger partial charge in [0, 0.05) is 13.0 Å². The summed E-state index contributed by atoms with van der Waals surface area (Å²) in [6.07, 6.45) is -0.307. The average molecular weight is 202 g/mol. The maximum absolute atomic E-state index is 11.2. The molecule has 80 valence electrons. The summed E-state index contributed by atoms with van der Waals surface area (Å²) < 4.78 is 4.55. The molecule has 1 aliphatic rings. The fraction of sp³-hybridized carbons (Fsp3) is 0.750. The molecule has 6 heteroatoms. The second kappa shape index (κ2) is 4.39. The Morgan fingerprint density at radius 2 is 2.29 bits per heavy atom. The van der Waals surface area contributed by atoms with Gasteiger partial charge in [0.1, 0.15) is 6.04 Å². The van der Waals surface area contributed by atoms with Crippen molar-refractivity contribution in [3.8, 4) is 0 Å². The van der Waals surface area contributed by atoms with Gasteiger partial charge in [-0.2, -0.15) is 0 Å². The van der Waals surface area contributed by atoms with Crippen molar-refractivity contribution in [3.63, 3.8) is 0 Å². The Labute approximate surface area is 81.6 Å². The smallest absolute Gasteiger partial charge is 0.323 e. The summed E-state index contributed by atoms with van der Waals surface area (Å²) in [6.45, 7) is 0.250. The largest absolute Gasteiger partial charge is 0.468 e. The van der Waals surface area contributed by atoms with Crippen LogP contribution in [-0.2, 0) is 14.3 Å². The Morgan fingerprint density at radius 1 is 1.64 bits per heavy atom. The number of methoxy groups -OCH3 is 1. The number of carbonyl (C=O) groups excluding carboxylic acids is 2. The first-order valence-electron chi connectivity index (χ1n) is 4.33. The van der Waals surface area contributed by atoms with E-state index in [-0.39, 0.29) is 13.1 Å². The lowest BCUT2D eigenvalue weighted by Gasteiger charge is -2.19. The average Bonchev–Trinajstić information content (AvgIpc) is 2.44. The molecule has 6 nitrogen and oxygen atoms in total. The summed E-state index contributed by atoms with van der Waals surface area (Å²) in [5, 5.41) is 9.33. The van der Waals surface area contributed by atoms with Crippen LogP contribution in [0.25, 0.3) is 0 Å². The first-order valence-corrected chi connectivity index (χ1v) is 4.33. The van der Waals surface area contributed by atoms with Gasteiger partial charge in [-0.25, -0.2) is 0 Å². The van der Waals surface area contributed by atoms with Gasteiger partial charge in [-0.1, -0.05) is 0 Å². The molecule has 0 saturated carbocycles. The highest BCUT2D eigenvalue weighted by Gasteiger charge is 2.37. The van der Waals surface area contributed by atoms with Gasteiger partial charge in [0.2, 0.25) is 5.91 Å². The molecule has 0 aromatic rings. The van der Waals surface area contributed by atoms with Crippen LogP contribution < -0.4 is 5.73 Å². The number of ether oxygens (including phenoxy) is 1. The highest BCUT2D eigenvalue weighted by molar-refractivity contribution is 5.79. The van der Waals surface area contributed by atoms with Crippen molar-refractivity contribution < 1.29 is 19.4 Å². The normalized spacial score (nSPS) is 27.6. The lowest BCUT2D eigenvalue weighted by atomic mass is 10.2. The topological polar surface area (TPSA) is 92.9 Å². The van der Waals surface area contributed by atoms with Gasteiger partial charge in [-0.15, -0.1) is 0 Å². The number of amides is 1. The Morgan fingerprint density at radius 3 is 2.79 bits per heavy atom. The number of likely N-dealkylation sites (tertiary alicyclic amines) is 1. The van der Waals surface area contributed by atoms with Crippen LogP contribution in [-0.4, -0.2) is 54.2 Å². The van der Waals surface area contributed by atoms with Gasteiger partial charge in [-0.3, -0.25) is 14.5 Å². The summed E-state index contributed by atoms with van der Waals surface area (Å²) in [7, 11) is 1.27. The molecule has 0 aromatic carbocycles. The lowest BCUT2D eigenvalue weighted by molar-refractivity contribution is -0.146. The van der Waals surface area contributed by atoms with Crippen LogP contribution in [0.15, 0.2) is 0 Å². The third kappa shape index (κ3) is 2.43. The molecule has 1 amide bonds. The van der Waals surface area contributed by atoms with Crippen molar-refractivity contribution in [2.45, 2.75) is 18.6 Å². The number of nitrogens with zero attached hydrogens (tertiary/aromatic N) is 1. The number of aliphatic hydroxyl groups excluding tert-OH is 1. The SMILES string of the molecule is COC(=O)C1CC(O)CN1CC(N)=O. The standard InChI is InChI=1S/C8H14N2O4/c1-14-8(13)6-2-5(11)3-10(6)4-7(9)12/h5-6,11H,2-4H2,1H3,(H2,9,12). The molecule has 3 N–H and O–H groups in total. The molecule has 0 radical (unpaired) electrons. The second-order valence-corrected chi connectivity index (χ2v) is 3.32. The fourth-order valence-electron chi connectivity index (χ4n) is 1.64. The van der Waals surface area contributed by atoms with E-state index in [1.165, 1.54) is 12.0 Å². The molecule has 0 spiro atoms. The summed E-state index contributed by atoms with van der Waals surface area (Å²) in [6, 6.07) is -0.553. The van der Waals surface area contributed by atoms with E-state index in [4.69, 9.17) is 5.73 Å². The minimum Gasteiger partial charge on any atom is -0.468 e. The van der Waals surface area contributed by atoms with Gasteiger partial charge in [0.25, 0.3) is 0 Å². The molecule has 0 bridgehead atoms. The quantitative estimate of drug-likeness (QED) is 0.520. The number of rotatable bonds is 3. The molecule has 2 atom stereocenters. The molecule has 0 aliphatic carbocycles. The summed E-state index contributed by atoms with van der Waals surface area (Å²) >= 11 is 0. The van der Waals surface area contributed by atoms with Crippen molar-refractivity contribution in [1.29, 1.82) is 0 Å². The van der Waals surface area contributed by atoms with Crippen LogP contribution in [0.4, 0.5) is 0 Å². The van der Waals surface area contributed by atoms with Crippen LogP contribution in [0.2, 0.25) is 0 Å². The first kappa shape index (κ1) is 10.9. The van der Waals surface area contributed by atoms with Crippen LogP contribution in [0.5, 0.6) is 0 Å². The number of primary amides is 1. The zero-order valence-electron chi connectivity index (χ0n) is 7.97. The number of nitrogens with two attached hydrogens (primary N) is 1. The molecule has 1 saturated heterocycles. The van der Waals surface area contributed by atoms with E-state index < -0.39 is 24.0 Å². The van der Waals surface area contributed by atoms with E-state index in [1.807, 2.05) is 0 Å². The zero-order valence-corrected chi connectivity index (χ0v) is 7.97. The minimum absolute atomic E-state index is 0.0309. The molecular formula is C8H14N2O4. The molecular weight excluding hydrogens is 188 g/mol. The van der Waals surface area contributed by atoms with E-state index in [0.717, 1.165) is 0 Å². The third-order valence-electron chi connectivity index (χ3n) is 2.21. The predicted octanol–water partition coefficient (Wildman–Crippen LogP) is -1.92. The molecule has 1 fully saturated rings. The van der Waals surface area contributed by atoms with Gasteiger partial charge < -0.3 is 15.6 Å². The molecule has 1 heterocycles. The maximum Gasteiger partial charge on any atom is 0.323 e. The van der Waals surface area contributed by atoms with Crippen molar-refractivity contribution >= 4 is 11.9 Å². The van der Waals surface area contributed by atoms with E-state index in [2.05, 4.69) is 4.74 Å². The monoisotopic (exact) mass is 202 g/mol. The van der Waals surface area contributed by atoms with Crippen LogP contribution >= 0.6 is 0 Å². The van der Waals surface area contributed by atoms with Crippen molar-refractivity contribution in [2.24, 2.45) is 5.73 Å². The predicted molar refractivity (Wildman–Crippen MR) is 47.2 cm³/mol. The summed E-state index contributed by atoms with van der Waals surface area (Å²) in [5.74, 6) is -0.962. The Hall–Kier alpha value is -1.14. The Balaban J connectivity index is 2.62. The summed E-state index contributed by atoms with van der Waals surface area (Å²) in [4.78, 5) is 23.4. The summed E-state index contributed by atoms with van der Waals surface area (Å²) in [5.41, 5.74) is 5.01. The van der Waals surface area contributed by atoms with Gasteiger partial charge in [0.15, 0.2) is 0 Å². The second-order valence-electron chi connectivity index (χ2n) is 3.32. The van der Waals surface area contributed by atoms with Crippen LogP contribution in [0.1, 0.15) is 6.42 Å². The molecule has 14 heavy (non-hydrogen) atoms.